The van der Waals surface area contributed by atoms with Crippen molar-refractivity contribution in [2.75, 3.05) is 0 Å². The van der Waals surface area contributed by atoms with E-state index in [0.717, 1.165) is 18.2 Å². The van der Waals surface area contributed by atoms with Crippen LogP contribution in [0.2, 0.25) is 15.1 Å². The van der Waals surface area contributed by atoms with E-state index in [2.05, 4.69) is 5.32 Å². The molecule has 0 aliphatic heterocycles. The van der Waals surface area contributed by atoms with Crippen molar-refractivity contribution in [2.45, 2.75) is 44.7 Å². The molecule has 2 aromatic carbocycles. The number of halogens is 9. The third-order valence-corrected chi connectivity index (χ3v) is 5.98. The Kier molecular flexibility index (Phi) is 9.72. The lowest BCUT2D eigenvalue weighted by Crippen LogP contribution is -2.46. The number of rotatable bonds is 7. The normalized spacial score (nSPS) is 14.0. The first-order valence-corrected chi connectivity index (χ1v) is 11.3. The average molecular weight is 576 g/mol. The molecule has 2 aromatic rings. The molecule has 0 fully saturated rings. The summed E-state index contributed by atoms with van der Waals surface area (Å²) in [4.78, 5) is 23.8. The first-order chi connectivity index (χ1) is 16.5. The number of hydrogen-bond acceptors (Lipinski definition) is 2. The topological polar surface area (TPSA) is 58.2 Å². The van der Waals surface area contributed by atoms with Gasteiger partial charge in [0.05, 0.1) is 27.2 Å². The minimum atomic E-state index is -4.69. The van der Waals surface area contributed by atoms with Crippen LogP contribution in [0.3, 0.4) is 0 Å². The van der Waals surface area contributed by atoms with Gasteiger partial charge in [-0.15, -0.1) is 0 Å². The maximum atomic E-state index is 13.7. The maximum absolute atomic E-state index is 13.7. The highest BCUT2D eigenvalue weighted by molar-refractivity contribution is 6.48. The number of nitrogens with one attached hydrogen (secondary N) is 2. The van der Waals surface area contributed by atoms with Crippen LogP contribution in [0, 0.1) is 6.92 Å². The molecule has 0 radical (unpaired) electrons. The van der Waals surface area contributed by atoms with E-state index in [-0.39, 0.29) is 26.2 Å². The van der Waals surface area contributed by atoms with E-state index in [1.54, 1.807) is 0 Å². The summed E-state index contributed by atoms with van der Waals surface area (Å²) < 4.78 is 77.9. The van der Waals surface area contributed by atoms with Gasteiger partial charge in [-0.25, -0.2) is 0 Å². The van der Waals surface area contributed by atoms with Gasteiger partial charge in [0.15, 0.2) is 0 Å². The molecule has 13 heteroatoms. The van der Waals surface area contributed by atoms with Crippen LogP contribution < -0.4 is 10.6 Å². The lowest BCUT2D eigenvalue weighted by Gasteiger charge is -2.19. The Labute approximate surface area is 217 Å². The fourth-order valence-electron chi connectivity index (χ4n) is 3.20. The fraction of sp³-hybridized carbons (Fsp3) is 0.304. The Morgan fingerprint density at radius 1 is 0.972 bits per heavy atom. The molecule has 0 aliphatic carbocycles. The predicted molar refractivity (Wildman–Crippen MR) is 126 cm³/mol. The van der Waals surface area contributed by atoms with Crippen molar-refractivity contribution in [3.63, 3.8) is 0 Å². The number of alkyl halides is 6. The van der Waals surface area contributed by atoms with Gasteiger partial charge in [-0.05, 0) is 48.7 Å². The molecule has 1 unspecified atom stereocenters. The lowest BCUT2D eigenvalue weighted by atomic mass is 9.96. The van der Waals surface area contributed by atoms with E-state index in [0.29, 0.717) is 11.1 Å². The molecular weight excluding hydrogens is 557 g/mol. The molecule has 0 spiro atoms. The van der Waals surface area contributed by atoms with E-state index < -0.39 is 42.7 Å². The van der Waals surface area contributed by atoms with Gasteiger partial charge >= 0.3 is 12.4 Å². The molecule has 0 saturated carbocycles. The third kappa shape index (κ3) is 8.60. The molecule has 2 N–H and O–H groups in total. The number of carbonyl (C=O) groups is 2. The number of allylic oxidation sites excluding steroid dienone is 1. The second-order valence-corrected chi connectivity index (χ2v) is 9.00. The number of aryl methyl sites for hydroxylation is 1. The van der Waals surface area contributed by atoms with Crippen LogP contribution in [0.25, 0.3) is 6.08 Å². The van der Waals surface area contributed by atoms with Crippen LogP contribution in [0.5, 0.6) is 0 Å². The second-order valence-electron chi connectivity index (χ2n) is 7.81. The smallest absolute Gasteiger partial charge is 0.336 e. The molecule has 0 aromatic heterocycles. The van der Waals surface area contributed by atoms with Crippen molar-refractivity contribution in [1.29, 1.82) is 0 Å². The Balaban J connectivity index is 2.18. The highest BCUT2D eigenvalue weighted by atomic mass is 35.5. The van der Waals surface area contributed by atoms with Gasteiger partial charge in [0.1, 0.15) is 6.42 Å². The zero-order valence-corrected chi connectivity index (χ0v) is 20.9. The van der Waals surface area contributed by atoms with Gasteiger partial charge in [0, 0.05) is 5.56 Å². The number of amides is 2. The van der Waals surface area contributed by atoms with E-state index in [1.807, 2.05) is 5.32 Å². The van der Waals surface area contributed by atoms with Crippen LogP contribution in [0.15, 0.2) is 36.4 Å². The summed E-state index contributed by atoms with van der Waals surface area (Å²) in [6.45, 7) is 2.81. The van der Waals surface area contributed by atoms with Crippen molar-refractivity contribution in [1.82, 2.24) is 10.6 Å². The van der Waals surface area contributed by atoms with Gasteiger partial charge in [-0.3, -0.25) is 9.59 Å². The Morgan fingerprint density at radius 2 is 1.56 bits per heavy atom. The Bertz CT molecular complexity index is 1140. The Hall–Kier alpha value is -2.43. The van der Waals surface area contributed by atoms with Crippen LogP contribution in [-0.2, 0) is 4.79 Å². The molecule has 196 valence electrons. The van der Waals surface area contributed by atoms with Crippen LogP contribution in [-0.4, -0.2) is 30.3 Å². The molecule has 0 aliphatic rings. The maximum Gasteiger partial charge on any atom is 0.399 e. The van der Waals surface area contributed by atoms with Gasteiger partial charge in [-0.2, -0.15) is 26.3 Å². The summed E-state index contributed by atoms with van der Waals surface area (Å²) in [5.41, 5.74) is 0.626. The predicted octanol–water partition coefficient (Wildman–Crippen LogP) is 7.46. The minimum absolute atomic E-state index is 0.0642. The molecule has 4 nitrogen and oxygen atoms in total. The molecule has 36 heavy (non-hydrogen) atoms. The zero-order valence-electron chi connectivity index (χ0n) is 18.6. The van der Waals surface area contributed by atoms with E-state index in [1.165, 1.54) is 38.1 Å². The summed E-state index contributed by atoms with van der Waals surface area (Å²) in [7, 11) is 0. The number of hydrogen-bond donors (Lipinski definition) is 2. The number of benzene rings is 2. The first-order valence-electron chi connectivity index (χ1n) is 10.1. The fourth-order valence-corrected chi connectivity index (χ4v) is 3.81. The summed E-state index contributed by atoms with van der Waals surface area (Å²) in [5.74, 6) is -4.05. The first kappa shape index (κ1) is 29.8. The highest BCUT2D eigenvalue weighted by Gasteiger charge is 2.39. The zero-order chi connectivity index (χ0) is 27.4. The summed E-state index contributed by atoms with van der Waals surface area (Å²) in [5, 5.41) is 4.03. The highest BCUT2D eigenvalue weighted by Crippen LogP contribution is 2.41. The standard InChI is InChI=1S/C23H19Cl3F6N2O2/c1-11-7-13(3-5-15(11)21(36)34-12(2)33-19(35)10-22(27,28)29)4-6-16(23(30,31)32)14-8-17(24)20(26)18(25)9-14/h3-9,12,16H,10H2,1-2H3,(H,33,35)(H,34,36)/t12-,16?/m1/s1. The van der Waals surface area contributed by atoms with E-state index in [9.17, 15) is 35.9 Å². The average Bonchev–Trinajstić information content (AvgIpc) is 2.69. The molecule has 2 atom stereocenters. The van der Waals surface area contributed by atoms with Gasteiger partial charge in [0.25, 0.3) is 5.91 Å². The van der Waals surface area contributed by atoms with Crippen LogP contribution in [0.1, 0.15) is 46.3 Å². The van der Waals surface area contributed by atoms with E-state index in [4.69, 9.17) is 34.8 Å². The SMILES string of the molecule is Cc1cc(C=CC(c2cc(Cl)c(Cl)c(Cl)c2)C(F)(F)F)ccc1C(=O)N[C@H](C)NC(=O)CC(F)(F)F. The summed E-state index contributed by atoms with van der Waals surface area (Å²) in [6, 6.07) is 6.33. The largest absolute Gasteiger partial charge is 0.399 e. The molecule has 0 heterocycles. The molecule has 2 amide bonds. The molecular formula is C23H19Cl3F6N2O2. The van der Waals surface area contributed by atoms with Crippen molar-refractivity contribution in [3.05, 3.63) is 73.7 Å². The minimum Gasteiger partial charge on any atom is -0.336 e. The quantitative estimate of drug-likeness (QED) is 0.205. The van der Waals surface area contributed by atoms with E-state index >= 15 is 0 Å². The Morgan fingerprint density at radius 3 is 2.06 bits per heavy atom. The van der Waals surface area contributed by atoms with Gasteiger partial charge in [0.2, 0.25) is 5.91 Å². The van der Waals surface area contributed by atoms with Gasteiger partial charge < -0.3 is 10.6 Å². The second kappa shape index (κ2) is 11.7. The molecule has 0 bridgehead atoms. The van der Waals surface area contributed by atoms with Crippen LogP contribution >= 0.6 is 34.8 Å². The lowest BCUT2D eigenvalue weighted by molar-refractivity contribution is -0.154. The summed E-state index contributed by atoms with van der Waals surface area (Å²) >= 11 is 17.6. The third-order valence-electron chi connectivity index (χ3n) is 4.78. The van der Waals surface area contributed by atoms with Crippen molar-refractivity contribution in [3.8, 4) is 0 Å². The van der Waals surface area contributed by atoms with Crippen LogP contribution in [0.4, 0.5) is 26.3 Å². The summed E-state index contributed by atoms with van der Waals surface area (Å²) in [6.07, 6.45) is -10.0. The molecule has 0 saturated heterocycles. The monoisotopic (exact) mass is 574 g/mol. The number of carbonyl (C=O) groups excluding carboxylic acids is 2. The van der Waals surface area contributed by atoms with Crippen molar-refractivity contribution >= 4 is 52.7 Å². The van der Waals surface area contributed by atoms with Crippen molar-refractivity contribution < 1.29 is 35.9 Å². The van der Waals surface area contributed by atoms with Gasteiger partial charge in [-0.1, -0.05) is 59.1 Å². The molecule has 2 rings (SSSR count). The van der Waals surface area contributed by atoms with Crippen molar-refractivity contribution in [2.24, 2.45) is 0 Å².